The summed E-state index contributed by atoms with van der Waals surface area (Å²) >= 11 is 0. The Morgan fingerprint density at radius 1 is 1.36 bits per heavy atom. The Bertz CT molecular complexity index is 567. The Kier molecular flexibility index (Phi) is 1.26. The molecule has 0 unspecified atom stereocenters. The number of nitrogens with one attached hydrogen (secondary N) is 1. The number of aromatic amines is 1. The van der Waals surface area contributed by atoms with Crippen molar-refractivity contribution in [3.63, 3.8) is 0 Å². The van der Waals surface area contributed by atoms with Crippen LogP contribution >= 0.6 is 0 Å². The molecule has 14 heavy (non-hydrogen) atoms. The first-order valence-electron chi connectivity index (χ1n) is 4.52. The zero-order chi connectivity index (χ0) is 9.71. The number of nitrogens with two attached hydrogens (primary N) is 1. The Hall–Kier alpha value is -1.85. The summed E-state index contributed by atoms with van der Waals surface area (Å²) in [6.07, 6.45) is 2.68. The summed E-state index contributed by atoms with van der Waals surface area (Å²) in [5.74, 6) is 0.589. The van der Waals surface area contributed by atoms with Gasteiger partial charge in [-0.2, -0.15) is 9.50 Å². The second kappa shape index (κ2) is 2.34. The van der Waals surface area contributed by atoms with Crippen molar-refractivity contribution in [1.82, 2.24) is 19.6 Å². The summed E-state index contributed by atoms with van der Waals surface area (Å²) in [7, 11) is 0. The van der Waals surface area contributed by atoms with E-state index in [1.165, 1.54) is 4.52 Å². The van der Waals surface area contributed by atoms with Gasteiger partial charge in [0.25, 0.3) is 11.3 Å². The van der Waals surface area contributed by atoms with Crippen LogP contribution in [0.2, 0.25) is 0 Å². The highest BCUT2D eigenvalue weighted by Crippen LogP contribution is 2.16. The van der Waals surface area contributed by atoms with Gasteiger partial charge < -0.3 is 5.73 Å². The summed E-state index contributed by atoms with van der Waals surface area (Å²) < 4.78 is 1.31. The van der Waals surface area contributed by atoms with E-state index in [1.807, 2.05) is 0 Å². The minimum absolute atomic E-state index is 0.0632. The quantitative estimate of drug-likeness (QED) is 0.586. The molecule has 0 aromatic carbocycles. The van der Waals surface area contributed by atoms with E-state index in [0.717, 1.165) is 30.5 Å². The maximum atomic E-state index is 11.8. The van der Waals surface area contributed by atoms with Crippen molar-refractivity contribution in [2.75, 3.05) is 5.73 Å². The van der Waals surface area contributed by atoms with E-state index in [2.05, 4.69) is 15.1 Å². The average molecular weight is 191 g/mol. The molecule has 3 rings (SSSR count). The second-order valence-corrected chi connectivity index (χ2v) is 3.44. The first kappa shape index (κ1) is 7.54. The Labute approximate surface area is 78.8 Å². The van der Waals surface area contributed by atoms with Crippen molar-refractivity contribution < 1.29 is 0 Å². The fourth-order valence-corrected chi connectivity index (χ4v) is 1.90. The maximum Gasteiger partial charge on any atom is 0.277 e. The third-order valence-electron chi connectivity index (χ3n) is 2.53. The van der Waals surface area contributed by atoms with Gasteiger partial charge in [0.2, 0.25) is 5.95 Å². The zero-order valence-electron chi connectivity index (χ0n) is 7.45. The molecule has 0 aliphatic heterocycles. The van der Waals surface area contributed by atoms with Gasteiger partial charge in [-0.15, -0.1) is 0 Å². The van der Waals surface area contributed by atoms with Gasteiger partial charge in [-0.1, -0.05) is 0 Å². The normalized spacial score (nSPS) is 14.9. The van der Waals surface area contributed by atoms with Crippen molar-refractivity contribution >= 4 is 11.7 Å². The number of rotatable bonds is 0. The molecule has 0 radical (unpaired) electrons. The van der Waals surface area contributed by atoms with Crippen molar-refractivity contribution in [2.45, 2.75) is 19.3 Å². The lowest BCUT2D eigenvalue weighted by atomic mass is 10.3. The smallest absolute Gasteiger partial charge is 0.277 e. The molecule has 0 saturated carbocycles. The van der Waals surface area contributed by atoms with Crippen LogP contribution in [0.4, 0.5) is 5.95 Å². The molecule has 2 aromatic heterocycles. The molecule has 1 aliphatic carbocycles. The van der Waals surface area contributed by atoms with E-state index >= 15 is 0 Å². The predicted molar refractivity (Wildman–Crippen MR) is 50.0 cm³/mol. The molecule has 2 heterocycles. The second-order valence-electron chi connectivity index (χ2n) is 3.44. The minimum atomic E-state index is -0.0632. The number of aromatic nitrogens is 4. The third-order valence-corrected chi connectivity index (χ3v) is 2.53. The Morgan fingerprint density at radius 3 is 3.07 bits per heavy atom. The molecule has 3 N–H and O–H groups in total. The maximum absolute atomic E-state index is 11.8. The summed E-state index contributed by atoms with van der Waals surface area (Å²) in [4.78, 5) is 20.0. The number of hydrogen-bond acceptors (Lipinski definition) is 4. The van der Waals surface area contributed by atoms with Crippen LogP contribution in [0.3, 0.4) is 0 Å². The van der Waals surface area contributed by atoms with Crippen LogP contribution < -0.4 is 11.3 Å². The molecule has 0 atom stereocenters. The molecule has 6 nitrogen and oxygen atoms in total. The number of aryl methyl sites for hydroxylation is 1. The highest BCUT2D eigenvalue weighted by Gasteiger charge is 2.19. The molecular weight excluding hydrogens is 182 g/mol. The van der Waals surface area contributed by atoms with E-state index in [9.17, 15) is 4.79 Å². The lowest BCUT2D eigenvalue weighted by molar-refractivity contribution is 0.873. The van der Waals surface area contributed by atoms with Crippen molar-refractivity contribution in [3.8, 4) is 0 Å². The lowest BCUT2D eigenvalue weighted by Gasteiger charge is -1.96. The van der Waals surface area contributed by atoms with E-state index in [0.29, 0.717) is 5.78 Å². The van der Waals surface area contributed by atoms with Crippen molar-refractivity contribution in [2.24, 2.45) is 0 Å². The van der Waals surface area contributed by atoms with Gasteiger partial charge in [-0.25, -0.2) is 4.98 Å². The van der Waals surface area contributed by atoms with Crippen LogP contribution in [0.15, 0.2) is 4.79 Å². The molecule has 0 amide bonds. The molecule has 0 fully saturated rings. The summed E-state index contributed by atoms with van der Waals surface area (Å²) in [5, 5.41) is 2.66. The standard InChI is InChI=1S/C8H9N5O/c9-7-11-8-10-5-3-1-2-4(5)6(14)13(8)12-7/h1-3H2,(H3,9,10,11,12). The topological polar surface area (TPSA) is 89.1 Å². The molecule has 0 saturated heterocycles. The van der Waals surface area contributed by atoms with Gasteiger partial charge in [0.15, 0.2) is 0 Å². The van der Waals surface area contributed by atoms with Crippen molar-refractivity contribution in [3.05, 3.63) is 21.6 Å². The monoisotopic (exact) mass is 191 g/mol. The summed E-state index contributed by atoms with van der Waals surface area (Å²) in [6.45, 7) is 0. The van der Waals surface area contributed by atoms with Crippen molar-refractivity contribution in [1.29, 1.82) is 0 Å². The number of hydrogen-bond donors (Lipinski definition) is 2. The summed E-state index contributed by atoms with van der Waals surface area (Å²) in [6, 6.07) is 0. The SMILES string of the molecule is Nc1nc2nc3c(c(=O)n2[nH]1)CCC3. The molecular formula is C8H9N5O. The van der Waals surface area contributed by atoms with Crippen LogP contribution in [-0.2, 0) is 12.8 Å². The third kappa shape index (κ3) is 0.822. The average Bonchev–Trinajstić information content (AvgIpc) is 2.71. The Morgan fingerprint density at radius 2 is 2.21 bits per heavy atom. The number of nitrogen functional groups attached to an aromatic ring is 1. The number of anilines is 1. The number of fused-ring (bicyclic) bond motifs is 2. The molecule has 6 heteroatoms. The minimum Gasteiger partial charge on any atom is -0.368 e. The van der Waals surface area contributed by atoms with Crippen LogP contribution in [0.1, 0.15) is 17.7 Å². The van der Waals surface area contributed by atoms with E-state index in [-0.39, 0.29) is 11.5 Å². The van der Waals surface area contributed by atoms with Crippen LogP contribution in [0.25, 0.3) is 5.78 Å². The zero-order valence-corrected chi connectivity index (χ0v) is 7.45. The van der Waals surface area contributed by atoms with E-state index in [1.54, 1.807) is 0 Å². The highest BCUT2D eigenvalue weighted by atomic mass is 16.1. The van der Waals surface area contributed by atoms with E-state index in [4.69, 9.17) is 5.73 Å². The van der Waals surface area contributed by atoms with Gasteiger partial charge in [0.1, 0.15) is 0 Å². The van der Waals surface area contributed by atoms with Gasteiger partial charge >= 0.3 is 0 Å². The molecule has 2 aromatic rings. The van der Waals surface area contributed by atoms with Gasteiger partial charge in [-0.05, 0) is 19.3 Å². The summed E-state index contributed by atoms with van der Waals surface area (Å²) in [5.41, 5.74) is 7.06. The fourth-order valence-electron chi connectivity index (χ4n) is 1.90. The fraction of sp³-hybridized carbons (Fsp3) is 0.375. The molecule has 72 valence electrons. The molecule has 0 spiro atoms. The lowest BCUT2D eigenvalue weighted by Crippen LogP contribution is -2.20. The highest BCUT2D eigenvalue weighted by molar-refractivity contribution is 5.38. The van der Waals surface area contributed by atoms with Gasteiger partial charge in [-0.3, -0.25) is 9.89 Å². The van der Waals surface area contributed by atoms with Gasteiger partial charge in [0, 0.05) is 5.56 Å². The van der Waals surface area contributed by atoms with Crippen LogP contribution in [-0.4, -0.2) is 19.6 Å². The Balaban J connectivity index is 2.49. The van der Waals surface area contributed by atoms with Crippen LogP contribution in [0.5, 0.6) is 0 Å². The first-order chi connectivity index (χ1) is 6.75. The number of H-pyrrole nitrogens is 1. The van der Waals surface area contributed by atoms with E-state index < -0.39 is 0 Å². The molecule has 1 aliphatic rings. The number of nitrogens with zero attached hydrogens (tertiary/aromatic N) is 3. The van der Waals surface area contributed by atoms with Crippen LogP contribution in [0, 0.1) is 0 Å². The largest absolute Gasteiger partial charge is 0.368 e. The predicted octanol–water partition coefficient (Wildman–Crippen LogP) is -0.512. The first-order valence-corrected chi connectivity index (χ1v) is 4.52. The van der Waals surface area contributed by atoms with Gasteiger partial charge in [0.05, 0.1) is 5.69 Å². The molecule has 0 bridgehead atoms.